The molecule has 26 heavy (non-hydrogen) atoms. The maximum atomic E-state index is 5.10. The first-order valence-corrected chi connectivity index (χ1v) is 9.15. The van der Waals surface area contributed by atoms with Crippen LogP contribution in [0.5, 0.6) is 0 Å². The molecule has 0 saturated heterocycles. The Kier molecular flexibility index (Phi) is 3.49. The second-order valence-electron chi connectivity index (χ2n) is 6.99. The summed E-state index contributed by atoms with van der Waals surface area (Å²) in [7, 11) is 0. The van der Waals surface area contributed by atoms with Gasteiger partial charge in [-0.1, -0.05) is 79.7 Å². The van der Waals surface area contributed by atoms with Gasteiger partial charge in [-0.25, -0.2) is 4.68 Å². The molecule has 5 rings (SSSR count). The standard InChI is InChI=1S/C24H20N2/c1-17-16-19-12-8-9-15-21(19)24-22(17)23(18-10-4-2-5-11-18)25-26(24)20-13-6-3-7-14-20/h2-15,17H,16H2,1H3. The van der Waals surface area contributed by atoms with Crippen molar-refractivity contribution >= 4 is 0 Å². The number of hydrogen-bond donors (Lipinski definition) is 0. The number of benzene rings is 3. The average molecular weight is 336 g/mol. The van der Waals surface area contributed by atoms with Gasteiger partial charge >= 0.3 is 0 Å². The van der Waals surface area contributed by atoms with Crippen molar-refractivity contribution in [2.24, 2.45) is 0 Å². The van der Waals surface area contributed by atoms with E-state index in [9.17, 15) is 0 Å². The third-order valence-electron chi connectivity index (χ3n) is 5.26. The monoisotopic (exact) mass is 336 g/mol. The van der Waals surface area contributed by atoms with Crippen molar-refractivity contribution in [3.8, 4) is 28.2 Å². The molecule has 0 N–H and O–H groups in total. The minimum Gasteiger partial charge on any atom is -0.232 e. The van der Waals surface area contributed by atoms with Crippen LogP contribution in [0.2, 0.25) is 0 Å². The Bertz CT molecular complexity index is 1060. The van der Waals surface area contributed by atoms with Crippen LogP contribution in [0.4, 0.5) is 0 Å². The zero-order valence-corrected chi connectivity index (χ0v) is 14.8. The average Bonchev–Trinajstić information content (AvgIpc) is 3.11. The molecular formula is C24H20N2. The van der Waals surface area contributed by atoms with E-state index in [1.807, 2.05) is 6.07 Å². The van der Waals surface area contributed by atoms with Crippen LogP contribution >= 0.6 is 0 Å². The summed E-state index contributed by atoms with van der Waals surface area (Å²) in [6.07, 6.45) is 1.06. The molecule has 0 radical (unpaired) electrons. The van der Waals surface area contributed by atoms with E-state index >= 15 is 0 Å². The molecular weight excluding hydrogens is 316 g/mol. The van der Waals surface area contributed by atoms with Crippen molar-refractivity contribution < 1.29 is 0 Å². The molecule has 0 spiro atoms. The van der Waals surface area contributed by atoms with Crippen molar-refractivity contribution in [3.63, 3.8) is 0 Å². The van der Waals surface area contributed by atoms with Crippen molar-refractivity contribution in [1.82, 2.24) is 9.78 Å². The molecule has 1 unspecified atom stereocenters. The second kappa shape index (κ2) is 5.99. The van der Waals surface area contributed by atoms with Crippen LogP contribution in [-0.4, -0.2) is 9.78 Å². The zero-order valence-electron chi connectivity index (χ0n) is 14.8. The smallest absolute Gasteiger partial charge is 0.0969 e. The van der Waals surface area contributed by atoms with E-state index in [0.29, 0.717) is 5.92 Å². The molecule has 1 aliphatic carbocycles. The summed E-state index contributed by atoms with van der Waals surface area (Å²) in [5.74, 6) is 0.438. The van der Waals surface area contributed by atoms with E-state index in [1.54, 1.807) is 0 Å². The fraction of sp³-hybridized carbons (Fsp3) is 0.125. The molecule has 0 saturated carbocycles. The van der Waals surface area contributed by atoms with Crippen molar-refractivity contribution in [2.45, 2.75) is 19.3 Å². The van der Waals surface area contributed by atoms with E-state index in [4.69, 9.17) is 5.10 Å². The molecule has 1 heterocycles. The molecule has 1 aromatic heterocycles. The van der Waals surface area contributed by atoms with Crippen LogP contribution < -0.4 is 0 Å². The largest absolute Gasteiger partial charge is 0.232 e. The van der Waals surface area contributed by atoms with Crippen LogP contribution in [0.3, 0.4) is 0 Å². The normalized spacial score (nSPS) is 15.3. The molecule has 0 bridgehead atoms. The summed E-state index contributed by atoms with van der Waals surface area (Å²) in [6.45, 7) is 2.32. The fourth-order valence-corrected chi connectivity index (χ4v) is 4.08. The van der Waals surface area contributed by atoms with Gasteiger partial charge in [-0.2, -0.15) is 5.10 Å². The number of hydrogen-bond acceptors (Lipinski definition) is 1. The van der Waals surface area contributed by atoms with E-state index in [0.717, 1.165) is 17.8 Å². The van der Waals surface area contributed by atoms with Gasteiger partial charge in [0.25, 0.3) is 0 Å². The predicted octanol–water partition coefficient (Wildman–Crippen LogP) is 5.87. The number of aromatic nitrogens is 2. The van der Waals surface area contributed by atoms with E-state index in [2.05, 4.69) is 90.5 Å². The number of nitrogens with zero attached hydrogens (tertiary/aromatic N) is 2. The minimum absolute atomic E-state index is 0.438. The number of para-hydroxylation sites is 1. The highest BCUT2D eigenvalue weighted by molar-refractivity contribution is 5.80. The van der Waals surface area contributed by atoms with Crippen molar-refractivity contribution in [2.75, 3.05) is 0 Å². The molecule has 3 aromatic carbocycles. The maximum absolute atomic E-state index is 5.10. The lowest BCUT2D eigenvalue weighted by Gasteiger charge is -2.24. The summed E-state index contributed by atoms with van der Waals surface area (Å²) >= 11 is 0. The van der Waals surface area contributed by atoms with Gasteiger partial charge in [-0.3, -0.25) is 0 Å². The lowest BCUT2D eigenvalue weighted by molar-refractivity contribution is 0.747. The summed E-state index contributed by atoms with van der Waals surface area (Å²) in [4.78, 5) is 0. The first-order chi connectivity index (χ1) is 12.8. The van der Waals surface area contributed by atoms with E-state index in [1.165, 1.54) is 27.9 Å². The molecule has 0 amide bonds. The van der Waals surface area contributed by atoms with Gasteiger partial charge in [0.2, 0.25) is 0 Å². The molecule has 2 heteroatoms. The van der Waals surface area contributed by atoms with Crippen LogP contribution in [0.15, 0.2) is 84.9 Å². The zero-order chi connectivity index (χ0) is 17.5. The topological polar surface area (TPSA) is 17.8 Å². The Morgan fingerprint density at radius 1 is 0.808 bits per heavy atom. The van der Waals surface area contributed by atoms with Crippen molar-refractivity contribution in [3.05, 3.63) is 96.1 Å². The van der Waals surface area contributed by atoms with Crippen LogP contribution in [-0.2, 0) is 6.42 Å². The Balaban J connectivity index is 1.85. The SMILES string of the molecule is CC1Cc2ccccc2-c2c1c(-c1ccccc1)nn2-c1ccccc1. The molecule has 4 aromatic rings. The second-order valence-corrected chi connectivity index (χ2v) is 6.99. The Hall–Kier alpha value is -3.13. The van der Waals surface area contributed by atoms with Crippen LogP contribution in [0, 0.1) is 0 Å². The van der Waals surface area contributed by atoms with Crippen molar-refractivity contribution in [1.29, 1.82) is 0 Å². The molecule has 1 atom stereocenters. The molecule has 1 aliphatic rings. The Morgan fingerprint density at radius 3 is 2.23 bits per heavy atom. The summed E-state index contributed by atoms with van der Waals surface area (Å²) < 4.78 is 2.13. The van der Waals surface area contributed by atoms with Gasteiger partial charge in [-0.05, 0) is 30.0 Å². The van der Waals surface area contributed by atoms with Crippen LogP contribution in [0.25, 0.3) is 28.2 Å². The van der Waals surface area contributed by atoms with Gasteiger partial charge in [0.1, 0.15) is 0 Å². The Labute approximate surface area is 153 Å². The number of fused-ring (bicyclic) bond motifs is 3. The van der Waals surface area contributed by atoms with Gasteiger partial charge in [0, 0.05) is 16.7 Å². The molecule has 2 nitrogen and oxygen atoms in total. The summed E-state index contributed by atoms with van der Waals surface area (Å²) in [5.41, 5.74) is 8.71. The quantitative estimate of drug-likeness (QED) is 0.448. The van der Waals surface area contributed by atoms with Gasteiger partial charge in [0.05, 0.1) is 17.1 Å². The summed E-state index contributed by atoms with van der Waals surface area (Å²) in [6, 6.07) is 29.8. The first-order valence-electron chi connectivity index (χ1n) is 9.15. The third kappa shape index (κ3) is 2.30. The highest BCUT2D eigenvalue weighted by atomic mass is 15.3. The summed E-state index contributed by atoms with van der Waals surface area (Å²) in [5, 5.41) is 5.10. The number of rotatable bonds is 2. The molecule has 0 fully saturated rings. The van der Waals surface area contributed by atoms with E-state index in [-0.39, 0.29) is 0 Å². The fourth-order valence-electron chi connectivity index (χ4n) is 4.08. The lowest BCUT2D eigenvalue weighted by Crippen LogP contribution is -2.10. The first kappa shape index (κ1) is 15.2. The van der Waals surface area contributed by atoms with Gasteiger partial charge in [0.15, 0.2) is 0 Å². The van der Waals surface area contributed by atoms with Gasteiger partial charge in [-0.15, -0.1) is 0 Å². The lowest BCUT2D eigenvalue weighted by atomic mass is 9.81. The maximum Gasteiger partial charge on any atom is 0.0969 e. The minimum atomic E-state index is 0.438. The van der Waals surface area contributed by atoms with Gasteiger partial charge < -0.3 is 0 Å². The predicted molar refractivity (Wildman–Crippen MR) is 107 cm³/mol. The Morgan fingerprint density at radius 2 is 1.46 bits per heavy atom. The van der Waals surface area contributed by atoms with E-state index < -0.39 is 0 Å². The molecule has 0 aliphatic heterocycles. The van der Waals surface area contributed by atoms with Crippen LogP contribution in [0.1, 0.15) is 24.0 Å². The third-order valence-corrected chi connectivity index (χ3v) is 5.26. The highest BCUT2D eigenvalue weighted by Gasteiger charge is 2.30. The highest BCUT2D eigenvalue weighted by Crippen LogP contribution is 2.45. The molecule has 126 valence electrons.